The van der Waals surface area contributed by atoms with Crippen molar-refractivity contribution in [3.8, 4) is 5.75 Å². The first-order valence-electron chi connectivity index (χ1n) is 4.57. The Morgan fingerprint density at radius 3 is 2.54 bits per heavy atom. The van der Waals surface area contributed by atoms with Crippen LogP contribution in [0.2, 0.25) is 0 Å². The fourth-order valence-electron chi connectivity index (χ4n) is 2.57. The summed E-state index contributed by atoms with van der Waals surface area (Å²) in [4.78, 5) is 0. The van der Waals surface area contributed by atoms with Crippen molar-refractivity contribution in [3.05, 3.63) is 35.4 Å². The number of allylic oxidation sites excluding steroid dienone is 2. The molecule has 0 amide bonds. The van der Waals surface area contributed by atoms with E-state index in [0.29, 0.717) is 17.6 Å². The summed E-state index contributed by atoms with van der Waals surface area (Å²) >= 11 is 0. The van der Waals surface area contributed by atoms with Gasteiger partial charge in [-0.05, 0) is 24.1 Å². The van der Waals surface area contributed by atoms with E-state index in [1.807, 2.05) is 0 Å². The molecule has 0 heterocycles. The maximum Gasteiger partial charge on any atom is 0.119 e. The number of nitrogen functional groups attached to an aromatic ring is 1. The van der Waals surface area contributed by atoms with Crippen LogP contribution >= 0.6 is 0 Å². The Hall–Kier alpha value is -1.44. The van der Waals surface area contributed by atoms with E-state index < -0.39 is 0 Å². The van der Waals surface area contributed by atoms with E-state index in [1.54, 1.807) is 12.1 Å². The minimum atomic E-state index is 0.404. The second-order valence-electron chi connectivity index (χ2n) is 3.83. The molecule has 0 saturated carbocycles. The Morgan fingerprint density at radius 2 is 1.85 bits per heavy atom. The van der Waals surface area contributed by atoms with Crippen LogP contribution in [0.5, 0.6) is 5.75 Å². The highest BCUT2D eigenvalue weighted by atomic mass is 16.3. The number of aromatic hydroxyl groups is 1. The normalized spacial score (nSPS) is 28.0. The molecule has 1 aromatic rings. The Balaban J connectivity index is 2.33. The van der Waals surface area contributed by atoms with E-state index in [1.165, 1.54) is 0 Å². The standard InChI is InChI=1S/C11H11NO/c12-8-3-4-9(13)11-7-2-1-6(5-7)10(8)11/h1-4,6-7,13H,5,12H2. The maximum absolute atomic E-state index is 9.69. The van der Waals surface area contributed by atoms with Crippen molar-refractivity contribution in [1.82, 2.24) is 0 Å². The predicted octanol–water partition coefficient (Wildman–Crippen LogP) is 2.12. The smallest absolute Gasteiger partial charge is 0.119 e. The fourth-order valence-corrected chi connectivity index (χ4v) is 2.57. The minimum absolute atomic E-state index is 0.404. The summed E-state index contributed by atoms with van der Waals surface area (Å²) < 4.78 is 0. The molecule has 0 saturated heterocycles. The Labute approximate surface area is 76.7 Å². The van der Waals surface area contributed by atoms with E-state index in [4.69, 9.17) is 5.73 Å². The van der Waals surface area contributed by atoms with Gasteiger partial charge >= 0.3 is 0 Å². The van der Waals surface area contributed by atoms with Crippen LogP contribution in [-0.2, 0) is 0 Å². The molecular formula is C11H11NO. The molecule has 13 heavy (non-hydrogen) atoms. The summed E-state index contributed by atoms with van der Waals surface area (Å²) in [5.74, 6) is 1.26. The summed E-state index contributed by atoms with van der Waals surface area (Å²) in [6.07, 6.45) is 5.46. The molecule has 2 bridgehead atoms. The number of fused-ring (bicyclic) bond motifs is 5. The predicted molar refractivity (Wildman–Crippen MR) is 51.8 cm³/mol. The largest absolute Gasteiger partial charge is 0.508 e. The highest BCUT2D eigenvalue weighted by Gasteiger charge is 2.36. The molecule has 2 unspecified atom stereocenters. The molecule has 0 aliphatic heterocycles. The van der Waals surface area contributed by atoms with Gasteiger partial charge in [-0.3, -0.25) is 0 Å². The summed E-state index contributed by atoms with van der Waals surface area (Å²) in [5.41, 5.74) is 8.93. The molecule has 0 radical (unpaired) electrons. The number of hydrogen-bond donors (Lipinski definition) is 2. The van der Waals surface area contributed by atoms with E-state index >= 15 is 0 Å². The van der Waals surface area contributed by atoms with Crippen LogP contribution in [0, 0.1) is 0 Å². The van der Waals surface area contributed by atoms with Gasteiger partial charge in [-0.1, -0.05) is 12.2 Å². The van der Waals surface area contributed by atoms with Crippen LogP contribution in [0.25, 0.3) is 0 Å². The van der Waals surface area contributed by atoms with Gasteiger partial charge in [0.25, 0.3) is 0 Å². The molecule has 2 aliphatic rings. The lowest BCUT2D eigenvalue weighted by molar-refractivity contribution is 0.467. The lowest BCUT2D eigenvalue weighted by Gasteiger charge is -2.14. The van der Waals surface area contributed by atoms with Crippen molar-refractivity contribution in [2.24, 2.45) is 0 Å². The van der Waals surface area contributed by atoms with Crippen LogP contribution in [0.3, 0.4) is 0 Å². The average Bonchev–Trinajstić information content (AvgIpc) is 2.70. The van der Waals surface area contributed by atoms with E-state index in [0.717, 1.165) is 23.2 Å². The lowest BCUT2D eigenvalue weighted by atomic mass is 9.94. The third-order valence-electron chi connectivity index (χ3n) is 3.12. The van der Waals surface area contributed by atoms with Gasteiger partial charge in [0.1, 0.15) is 5.75 Å². The molecule has 1 aromatic carbocycles. The molecule has 0 spiro atoms. The lowest BCUT2D eigenvalue weighted by Crippen LogP contribution is -1.99. The molecule has 0 fully saturated rings. The first-order chi connectivity index (χ1) is 6.27. The molecule has 3 rings (SSSR count). The number of rotatable bonds is 0. The van der Waals surface area contributed by atoms with Crippen molar-refractivity contribution in [2.75, 3.05) is 5.73 Å². The van der Waals surface area contributed by atoms with Crippen LogP contribution in [0.15, 0.2) is 24.3 Å². The average molecular weight is 173 g/mol. The summed E-state index contributed by atoms with van der Waals surface area (Å²) in [6.45, 7) is 0. The van der Waals surface area contributed by atoms with Gasteiger partial charge in [0.2, 0.25) is 0 Å². The van der Waals surface area contributed by atoms with Crippen LogP contribution in [0.1, 0.15) is 29.4 Å². The molecule has 2 aliphatic carbocycles. The zero-order valence-corrected chi connectivity index (χ0v) is 7.20. The quantitative estimate of drug-likeness (QED) is 0.358. The zero-order valence-electron chi connectivity index (χ0n) is 7.20. The number of phenols is 1. The number of nitrogens with two attached hydrogens (primary N) is 1. The van der Waals surface area contributed by atoms with Crippen LogP contribution < -0.4 is 5.73 Å². The minimum Gasteiger partial charge on any atom is -0.508 e. The summed E-state index contributed by atoms with van der Waals surface area (Å²) in [7, 11) is 0. The van der Waals surface area contributed by atoms with Crippen LogP contribution in [0.4, 0.5) is 5.69 Å². The fraction of sp³-hybridized carbons (Fsp3) is 0.273. The molecule has 66 valence electrons. The third kappa shape index (κ3) is 0.730. The number of phenolic OH excluding ortho intramolecular Hbond substituents is 1. The van der Waals surface area contributed by atoms with Gasteiger partial charge in [0.15, 0.2) is 0 Å². The van der Waals surface area contributed by atoms with Gasteiger partial charge in [-0.2, -0.15) is 0 Å². The first-order valence-corrected chi connectivity index (χ1v) is 4.57. The second kappa shape index (κ2) is 2.08. The maximum atomic E-state index is 9.69. The SMILES string of the molecule is Nc1ccc(O)c2c1C1C=CC2C1. The Morgan fingerprint density at radius 1 is 1.15 bits per heavy atom. The van der Waals surface area contributed by atoms with E-state index in [2.05, 4.69) is 12.2 Å². The highest BCUT2D eigenvalue weighted by molar-refractivity contribution is 5.65. The number of hydrogen-bond acceptors (Lipinski definition) is 2. The molecule has 2 heteroatoms. The molecule has 2 nitrogen and oxygen atoms in total. The Bertz CT molecular complexity index is 372. The van der Waals surface area contributed by atoms with Gasteiger partial charge in [0.05, 0.1) is 0 Å². The monoisotopic (exact) mass is 173 g/mol. The molecule has 0 aromatic heterocycles. The summed E-state index contributed by atoms with van der Waals surface area (Å²) in [5, 5.41) is 9.69. The molecule has 2 atom stereocenters. The number of anilines is 1. The van der Waals surface area contributed by atoms with Crippen molar-refractivity contribution in [1.29, 1.82) is 0 Å². The van der Waals surface area contributed by atoms with Crippen molar-refractivity contribution >= 4 is 5.69 Å². The van der Waals surface area contributed by atoms with Crippen molar-refractivity contribution < 1.29 is 5.11 Å². The first kappa shape index (κ1) is 7.01. The zero-order chi connectivity index (χ0) is 9.00. The van der Waals surface area contributed by atoms with Crippen molar-refractivity contribution in [3.63, 3.8) is 0 Å². The van der Waals surface area contributed by atoms with Gasteiger partial charge < -0.3 is 10.8 Å². The third-order valence-corrected chi connectivity index (χ3v) is 3.12. The van der Waals surface area contributed by atoms with E-state index in [9.17, 15) is 5.11 Å². The van der Waals surface area contributed by atoms with E-state index in [-0.39, 0.29) is 0 Å². The second-order valence-corrected chi connectivity index (χ2v) is 3.83. The van der Waals surface area contributed by atoms with Gasteiger partial charge in [-0.25, -0.2) is 0 Å². The Kier molecular flexibility index (Phi) is 1.12. The topological polar surface area (TPSA) is 46.2 Å². The molecule has 3 N–H and O–H groups in total. The van der Waals surface area contributed by atoms with Gasteiger partial charge in [-0.15, -0.1) is 0 Å². The molecular weight excluding hydrogens is 162 g/mol. The van der Waals surface area contributed by atoms with Crippen LogP contribution in [-0.4, -0.2) is 5.11 Å². The highest BCUT2D eigenvalue weighted by Crippen LogP contribution is 2.53. The summed E-state index contributed by atoms with van der Waals surface area (Å²) in [6, 6.07) is 3.49. The van der Waals surface area contributed by atoms with Crippen molar-refractivity contribution in [2.45, 2.75) is 18.3 Å². The number of benzene rings is 1. The van der Waals surface area contributed by atoms with Gasteiger partial charge in [0, 0.05) is 23.1 Å².